The molecule has 1 aromatic rings. The van der Waals surface area contributed by atoms with Gasteiger partial charge in [0.15, 0.2) is 0 Å². The smallest absolute Gasteiger partial charge is 0.0609 e. The fourth-order valence-corrected chi connectivity index (χ4v) is 1.34. The first-order valence-corrected chi connectivity index (χ1v) is 4.95. The number of hydrogen-bond acceptors (Lipinski definition) is 2. The highest BCUT2D eigenvalue weighted by molar-refractivity contribution is 9.10. The molecule has 0 unspecified atom stereocenters. The number of halogens is 1. The lowest BCUT2D eigenvalue weighted by molar-refractivity contribution is 1.18. The van der Waals surface area contributed by atoms with Crippen LogP contribution in [0.5, 0.6) is 0 Å². The van der Waals surface area contributed by atoms with Gasteiger partial charge in [0.25, 0.3) is 0 Å². The molecule has 1 heterocycles. The molecule has 0 aliphatic heterocycles. The van der Waals surface area contributed by atoms with Crippen LogP contribution < -0.4 is 5.32 Å². The minimum absolute atomic E-state index is 0.926. The Morgan fingerprint density at radius 2 is 2.43 bits per heavy atom. The summed E-state index contributed by atoms with van der Waals surface area (Å²) in [6.45, 7) is 3.86. The van der Waals surface area contributed by atoms with Crippen molar-refractivity contribution in [3.05, 3.63) is 34.2 Å². The topological polar surface area (TPSA) is 24.9 Å². The molecule has 0 amide bonds. The zero-order valence-electron chi connectivity index (χ0n) is 8.13. The number of terminal acetylenes is 1. The molecule has 0 saturated heterocycles. The summed E-state index contributed by atoms with van der Waals surface area (Å²) in [5, 5.41) is 3.18. The molecule has 0 radical (unpaired) electrons. The van der Waals surface area contributed by atoms with Crippen molar-refractivity contribution in [1.82, 2.24) is 4.98 Å². The van der Waals surface area contributed by atoms with Crippen LogP contribution in [0, 0.1) is 19.3 Å². The van der Waals surface area contributed by atoms with Crippen LogP contribution >= 0.6 is 15.9 Å². The van der Waals surface area contributed by atoms with Gasteiger partial charge >= 0.3 is 0 Å². The zero-order valence-corrected chi connectivity index (χ0v) is 9.72. The molecule has 1 rings (SSSR count). The quantitative estimate of drug-likeness (QED) is 0.817. The summed E-state index contributed by atoms with van der Waals surface area (Å²) in [5.74, 6) is 2.47. The molecular formula is C11H11BrN2. The normalized spacial score (nSPS) is 10.9. The summed E-state index contributed by atoms with van der Waals surface area (Å²) in [7, 11) is 0. The number of rotatable bonds is 2. The van der Waals surface area contributed by atoms with E-state index in [2.05, 4.69) is 32.2 Å². The second kappa shape index (κ2) is 4.83. The summed E-state index contributed by atoms with van der Waals surface area (Å²) in [4.78, 5) is 4.20. The molecule has 0 aliphatic carbocycles. The van der Waals surface area contributed by atoms with Crippen LogP contribution in [0.15, 0.2) is 28.5 Å². The zero-order chi connectivity index (χ0) is 10.6. The predicted octanol–water partition coefficient (Wildman–Crippen LogP) is 3.10. The molecule has 0 atom stereocenters. The van der Waals surface area contributed by atoms with Gasteiger partial charge in [0, 0.05) is 22.4 Å². The number of aromatic nitrogens is 1. The molecule has 0 aliphatic rings. The van der Waals surface area contributed by atoms with Crippen molar-refractivity contribution in [2.24, 2.45) is 0 Å². The third kappa shape index (κ3) is 2.90. The highest BCUT2D eigenvalue weighted by Crippen LogP contribution is 2.19. The number of anilines is 1. The van der Waals surface area contributed by atoms with Gasteiger partial charge in [-0.3, -0.25) is 4.98 Å². The van der Waals surface area contributed by atoms with Gasteiger partial charge in [0.1, 0.15) is 0 Å². The second-order valence-corrected chi connectivity index (χ2v) is 3.82. The van der Waals surface area contributed by atoms with Crippen LogP contribution in [-0.4, -0.2) is 4.98 Å². The average molecular weight is 251 g/mol. The van der Waals surface area contributed by atoms with Gasteiger partial charge < -0.3 is 5.32 Å². The minimum Gasteiger partial charge on any atom is -0.357 e. The molecule has 1 aromatic heterocycles. The van der Waals surface area contributed by atoms with Crippen molar-refractivity contribution in [2.45, 2.75) is 13.8 Å². The number of nitrogens with one attached hydrogen (secondary N) is 1. The van der Waals surface area contributed by atoms with Crippen molar-refractivity contribution < 1.29 is 0 Å². The van der Waals surface area contributed by atoms with Crippen molar-refractivity contribution in [2.75, 3.05) is 5.32 Å². The third-order valence-electron chi connectivity index (χ3n) is 1.69. The summed E-state index contributed by atoms with van der Waals surface area (Å²) >= 11 is 3.36. The lowest BCUT2D eigenvalue weighted by Gasteiger charge is -2.08. The highest BCUT2D eigenvalue weighted by Gasteiger charge is 1.99. The molecule has 0 saturated carbocycles. The molecule has 72 valence electrons. The van der Waals surface area contributed by atoms with E-state index >= 15 is 0 Å². The van der Waals surface area contributed by atoms with Crippen molar-refractivity contribution in [3.63, 3.8) is 0 Å². The average Bonchev–Trinajstić information content (AvgIpc) is 2.12. The van der Waals surface area contributed by atoms with E-state index in [0.717, 1.165) is 21.6 Å². The Labute approximate surface area is 92.6 Å². The van der Waals surface area contributed by atoms with Crippen LogP contribution in [0.4, 0.5) is 5.69 Å². The Hall–Kier alpha value is -1.27. The third-order valence-corrected chi connectivity index (χ3v) is 2.12. The van der Waals surface area contributed by atoms with Crippen LogP contribution in [0.1, 0.15) is 12.6 Å². The Kier molecular flexibility index (Phi) is 3.73. The fraction of sp³-hybridized carbons (Fsp3) is 0.182. The Morgan fingerprint density at radius 3 is 3.07 bits per heavy atom. The maximum atomic E-state index is 5.16. The molecule has 14 heavy (non-hydrogen) atoms. The SMILES string of the molecule is C#C/C=C(\C)Nc1cc(Br)cnc1C. The van der Waals surface area contributed by atoms with Gasteiger partial charge in [-0.2, -0.15) is 0 Å². The Bertz CT molecular complexity index is 402. The van der Waals surface area contributed by atoms with Crippen LogP contribution in [0.25, 0.3) is 0 Å². The van der Waals surface area contributed by atoms with Gasteiger partial charge in [-0.1, -0.05) is 5.92 Å². The van der Waals surface area contributed by atoms with Gasteiger partial charge in [0.2, 0.25) is 0 Å². The summed E-state index contributed by atoms with van der Waals surface area (Å²) < 4.78 is 0.944. The number of allylic oxidation sites excluding steroid dienone is 2. The molecule has 0 spiro atoms. The molecular weight excluding hydrogens is 240 g/mol. The molecule has 1 N–H and O–H groups in total. The fourth-order valence-electron chi connectivity index (χ4n) is 1.01. The predicted molar refractivity (Wildman–Crippen MR) is 62.9 cm³/mol. The van der Waals surface area contributed by atoms with Crippen LogP contribution in [0.2, 0.25) is 0 Å². The minimum atomic E-state index is 0.926. The van der Waals surface area contributed by atoms with E-state index in [4.69, 9.17) is 6.42 Å². The summed E-state index contributed by atoms with van der Waals surface area (Å²) in [6.07, 6.45) is 8.61. The molecule has 0 fully saturated rings. The number of aryl methyl sites for hydroxylation is 1. The standard InChI is InChI=1S/C11H11BrN2/c1-4-5-8(2)14-11-6-10(12)7-13-9(11)3/h1,5-7,14H,2-3H3/b8-5+. The van der Waals surface area contributed by atoms with Gasteiger partial charge in [0.05, 0.1) is 11.4 Å². The van der Waals surface area contributed by atoms with E-state index in [-0.39, 0.29) is 0 Å². The van der Waals surface area contributed by atoms with Crippen molar-refractivity contribution >= 4 is 21.6 Å². The maximum absolute atomic E-state index is 5.16. The van der Waals surface area contributed by atoms with Crippen molar-refractivity contribution in [3.8, 4) is 12.3 Å². The molecule has 0 bridgehead atoms. The van der Waals surface area contributed by atoms with E-state index in [9.17, 15) is 0 Å². The van der Waals surface area contributed by atoms with Gasteiger partial charge in [-0.15, -0.1) is 6.42 Å². The van der Waals surface area contributed by atoms with E-state index in [1.54, 1.807) is 12.3 Å². The Morgan fingerprint density at radius 1 is 1.71 bits per heavy atom. The number of hydrogen-bond donors (Lipinski definition) is 1. The summed E-state index contributed by atoms with van der Waals surface area (Å²) in [5.41, 5.74) is 2.83. The molecule has 3 heteroatoms. The highest BCUT2D eigenvalue weighted by atomic mass is 79.9. The monoisotopic (exact) mass is 250 g/mol. The lowest BCUT2D eigenvalue weighted by Crippen LogP contribution is -1.98. The van der Waals surface area contributed by atoms with E-state index in [1.807, 2.05) is 19.9 Å². The first kappa shape index (κ1) is 10.8. The van der Waals surface area contributed by atoms with Crippen molar-refractivity contribution in [1.29, 1.82) is 0 Å². The second-order valence-electron chi connectivity index (χ2n) is 2.91. The first-order valence-electron chi connectivity index (χ1n) is 4.15. The lowest BCUT2D eigenvalue weighted by atomic mass is 10.3. The number of nitrogens with zero attached hydrogens (tertiary/aromatic N) is 1. The number of pyridine rings is 1. The van der Waals surface area contributed by atoms with E-state index in [1.165, 1.54) is 0 Å². The van der Waals surface area contributed by atoms with Gasteiger partial charge in [-0.05, 0) is 35.8 Å². The molecule has 0 aromatic carbocycles. The van der Waals surface area contributed by atoms with Crippen LogP contribution in [0.3, 0.4) is 0 Å². The maximum Gasteiger partial charge on any atom is 0.0609 e. The van der Waals surface area contributed by atoms with E-state index in [0.29, 0.717) is 0 Å². The Balaban J connectivity index is 2.92. The largest absolute Gasteiger partial charge is 0.357 e. The molecule has 2 nitrogen and oxygen atoms in total. The first-order chi connectivity index (χ1) is 6.63. The summed E-state index contributed by atoms with van der Waals surface area (Å²) in [6, 6.07) is 1.97. The van der Waals surface area contributed by atoms with E-state index < -0.39 is 0 Å². The van der Waals surface area contributed by atoms with Crippen LogP contribution in [-0.2, 0) is 0 Å². The van der Waals surface area contributed by atoms with Gasteiger partial charge in [-0.25, -0.2) is 0 Å².